The molecule has 0 fully saturated rings. The van der Waals surface area contributed by atoms with Crippen molar-refractivity contribution in [2.75, 3.05) is 17.3 Å². The van der Waals surface area contributed by atoms with Gasteiger partial charge in [-0.2, -0.15) is 11.8 Å². The first kappa shape index (κ1) is 15.3. The SMILES string of the molecule is CCC(CSC)Nc1nnc(CNC(C)(C)C)o1. The zero-order valence-corrected chi connectivity index (χ0v) is 12.7. The monoisotopic (exact) mass is 272 g/mol. The maximum atomic E-state index is 5.55. The molecule has 1 aromatic rings. The van der Waals surface area contributed by atoms with Gasteiger partial charge >= 0.3 is 6.01 Å². The van der Waals surface area contributed by atoms with Crippen LogP contribution in [0.25, 0.3) is 0 Å². The van der Waals surface area contributed by atoms with Gasteiger partial charge in [-0.05, 0) is 33.4 Å². The fourth-order valence-electron chi connectivity index (χ4n) is 1.36. The van der Waals surface area contributed by atoms with Crippen molar-refractivity contribution >= 4 is 17.8 Å². The molecule has 0 spiro atoms. The highest BCUT2D eigenvalue weighted by molar-refractivity contribution is 7.98. The Kier molecular flexibility index (Phi) is 5.95. The molecule has 0 aromatic carbocycles. The van der Waals surface area contributed by atoms with Gasteiger partial charge in [0.05, 0.1) is 6.54 Å². The standard InChI is InChI=1S/C12H24N4OS/c1-6-9(8-18-5)14-11-16-15-10(17-11)7-13-12(2,3)4/h9,13H,6-8H2,1-5H3,(H,14,16). The number of hydrogen-bond donors (Lipinski definition) is 2. The molecule has 1 atom stereocenters. The van der Waals surface area contributed by atoms with Gasteiger partial charge in [0.2, 0.25) is 5.89 Å². The Morgan fingerprint density at radius 1 is 1.33 bits per heavy atom. The van der Waals surface area contributed by atoms with Crippen molar-refractivity contribution in [1.82, 2.24) is 15.5 Å². The van der Waals surface area contributed by atoms with E-state index in [9.17, 15) is 0 Å². The Morgan fingerprint density at radius 3 is 2.61 bits per heavy atom. The van der Waals surface area contributed by atoms with E-state index in [2.05, 4.69) is 54.8 Å². The van der Waals surface area contributed by atoms with Crippen LogP contribution in [0.15, 0.2) is 4.42 Å². The van der Waals surface area contributed by atoms with Crippen molar-refractivity contribution in [2.45, 2.75) is 52.2 Å². The van der Waals surface area contributed by atoms with Gasteiger partial charge in [-0.15, -0.1) is 5.10 Å². The van der Waals surface area contributed by atoms with Crippen LogP contribution in [-0.2, 0) is 6.54 Å². The van der Waals surface area contributed by atoms with E-state index in [-0.39, 0.29) is 5.54 Å². The first-order chi connectivity index (χ1) is 8.44. The third-order valence-electron chi connectivity index (χ3n) is 2.43. The molecule has 0 aliphatic rings. The van der Waals surface area contributed by atoms with Gasteiger partial charge in [-0.3, -0.25) is 0 Å². The minimum absolute atomic E-state index is 0.0485. The molecule has 0 bridgehead atoms. The summed E-state index contributed by atoms with van der Waals surface area (Å²) < 4.78 is 5.55. The molecule has 0 aliphatic carbocycles. The Balaban J connectivity index is 2.47. The molecule has 0 aliphatic heterocycles. The molecule has 2 N–H and O–H groups in total. The molecule has 1 aromatic heterocycles. The number of rotatable bonds is 7. The summed E-state index contributed by atoms with van der Waals surface area (Å²) in [5.74, 6) is 1.65. The summed E-state index contributed by atoms with van der Waals surface area (Å²) in [6.07, 6.45) is 3.13. The number of aromatic nitrogens is 2. The van der Waals surface area contributed by atoms with E-state index in [1.807, 2.05) is 11.8 Å². The largest absolute Gasteiger partial charge is 0.407 e. The number of hydrogen-bond acceptors (Lipinski definition) is 6. The smallest absolute Gasteiger partial charge is 0.315 e. The van der Waals surface area contributed by atoms with Crippen LogP contribution in [0.1, 0.15) is 40.0 Å². The Labute approximate surface area is 114 Å². The molecule has 0 amide bonds. The number of anilines is 1. The topological polar surface area (TPSA) is 63.0 Å². The minimum atomic E-state index is 0.0485. The minimum Gasteiger partial charge on any atom is -0.407 e. The summed E-state index contributed by atoms with van der Waals surface area (Å²) in [5.41, 5.74) is 0.0485. The van der Waals surface area contributed by atoms with Gasteiger partial charge in [0.1, 0.15) is 0 Å². The van der Waals surface area contributed by atoms with Gasteiger partial charge in [0.15, 0.2) is 0 Å². The lowest BCUT2D eigenvalue weighted by molar-refractivity contribution is 0.383. The van der Waals surface area contributed by atoms with Crippen LogP contribution < -0.4 is 10.6 Å². The lowest BCUT2D eigenvalue weighted by atomic mass is 10.1. The molecule has 0 radical (unpaired) electrons. The van der Waals surface area contributed by atoms with Crippen molar-refractivity contribution in [2.24, 2.45) is 0 Å². The maximum Gasteiger partial charge on any atom is 0.315 e. The van der Waals surface area contributed by atoms with Gasteiger partial charge < -0.3 is 15.1 Å². The van der Waals surface area contributed by atoms with E-state index in [4.69, 9.17) is 4.42 Å². The fraction of sp³-hybridized carbons (Fsp3) is 0.833. The first-order valence-corrected chi connectivity index (χ1v) is 7.67. The molecular formula is C12H24N4OS. The highest BCUT2D eigenvalue weighted by Crippen LogP contribution is 2.11. The number of thioether (sulfide) groups is 1. The summed E-state index contributed by atoms with van der Waals surface area (Å²) in [7, 11) is 0. The highest BCUT2D eigenvalue weighted by atomic mass is 32.2. The summed E-state index contributed by atoms with van der Waals surface area (Å²) in [5, 5.41) is 14.6. The van der Waals surface area contributed by atoms with Crippen LogP contribution in [0.5, 0.6) is 0 Å². The summed E-state index contributed by atoms with van der Waals surface area (Å²) in [6, 6.07) is 0.894. The Hall–Kier alpha value is -0.750. The molecule has 1 rings (SSSR count). The van der Waals surface area contributed by atoms with Crippen molar-refractivity contribution in [3.8, 4) is 0 Å². The lowest BCUT2D eigenvalue weighted by Crippen LogP contribution is -2.35. The van der Waals surface area contributed by atoms with Gasteiger partial charge in [0.25, 0.3) is 0 Å². The van der Waals surface area contributed by atoms with E-state index in [1.54, 1.807) is 0 Å². The first-order valence-electron chi connectivity index (χ1n) is 6.27. The van der Waals surface area contributed by atoms with Crippen LogP contribution in [0.2, 0.25) is 0 Å². The van der Waals surface area contributed by atoms with Crippen molar-refractivity contribution in [3.05, 3.63) is 5.89 Å². The van der Waals surface area contributed by atoms with Crippen LogP contribution >= 0.6 is 11.8 Å². The second kappa shape index (κ2) is 6.99. The average Bonchev–Trinajstić information content (AvgIpc) is 2.73. The molecule has 6 heteroatoms. The van der Waals surface area contributed by atoms with E-state index < -0.39 is 0 Å². The third-order valence-corrected chi connectivity index (χ3v) is 3.16. The molecule has 1 unspecified atom stereocenters. The molecule has 18 heavy (non-hydrogen) atoms. The van der Waals surface area contributed by atoms with Crippen molar-refractivity contribution in [1.29, 1.82) is 0 Å². The maximum absolute atomic E-state index is 5.55. The predicted molar refractivity (Wildman–Crippen MR) is 77.0 cm³/mol. The number of nitrogens with one attached hydrogen (secondary N) is 2. The third kappa shape index (κ3) is 5.73. The predicted octanol–water partition coefficient (Wildman–Crippen LogP) is 2.51. The molecule has 1 heterocycles. The number of nitrogens with zero attached hydrogens (tertiary/aromatic N) is 2. The summed E-state index contributed by atoms with van der Waals surface area (Å²) >= 11 is 1.81. The molecule has 5 nitrogen and oxygen atoms in total. The summed E-state index contributed by atoms with van der Waals surface area (Å²) in [4.78, 5) is 0. The van der Waals surface area contributed by atoms with Crippen LogP contribution in [0, 0.1) is 0 Å². The second-order valence-corrected chi connectivity index (χ2v) is 6.22. The zero-order chi connectivity index (χ0) is 13.6. The Morgan fingerprint density at radius 2 is 2.06 bits per heavy atom. The molecule has 104 valence electrons. The molecular weight excluding hydrogens is 248 g/mol. The fourth-order valence-corrected chi connectivity index (χ4v) is 2.08. The lowest BCUT2D eigenvalue weighted by Gasteiger charge is -2.18. The average molecular weight is 272 g/mol. The van der Waals surface area contributed by atoms with Crippen LogP contribution in [-0.4, -0.2) is 33.8 Å². The van der Waals surface area contributed by atoms with Gasteiger partial charge in [0, 0.05) is 17.3 Å². The molecule has 0 saturated carbocycles. The van der Waals surface area contributed by atoms with Crippen molar-refractivity contribution < 1.29 is 4.42 Å². The Bertz CT molecular complexity index is 348. The zero-order valence-electron chi connectivity index (χ0n) is 11.9. The highest BCUT2D eigenvalue weighted by Gasteiger charge is 2.13. The van der Waals surface area contributed by atoms with Gasteiger partial charge in [-0.25, -0.2) is 0 Å². The normalized spacial score (nSPS) is 13.6. The van der Waals surface area contributed by atoms with E-state index >= 15 is 0 Å². The van der Waals surface area contributed by atoms with Crippen LogP contribution in [0.3, 0.4) is 0 Å². The van der Waals surface area contributed by atoms with Crippen LogP contribution in [0.4, 0.5) is 6.01 Å². The second-order valence-electron chi connectivity index (χ2n) is 5.31. The summed E-state index contributed by atoms with van der Waals surface area (Å²) in [6.45, 7) is 9.06. The van der Waals surface area contributed by atoms with E-state index in [0.717, 1.165) is 12.2 Å². The molecule has 0 saturated heterocycles. The quantitative estimate of drug-likeness (QED) is 0.795. The van der Waals surface area contributed by atoms with E-state index in [1.165, 1.54) is 0 Å². The van der Waals surface area contributed by atoms with Crippen molar-refractivity contribution in [3.63, 3.8) is 0 Å². The van der Waals surface area contributed by atoms with E-state index in [0.29, 0.717) is 24.5 Å². The van der Waals surface area contributed by atoms with Gasteiger partial charge in [-0.1, -0.05) is 12.0 Å².